The molecule has 7 atom stereocenters. The van der Waals surface area contributed by atoms with Crippen molar-refractivity contribution in [3.63, 3.8) is 0 Å². The molecule has 2 aromatic rings. The van der Waals surface area contributed by atoms with Gasteiger partial charge in [-0.1, -0.05) is 157 Å². The predicted molar refractivity (Wildman–Crippen MR) is 343 cm³/mol. The Morgan fingerprint density at radius 1 is 0.750 bits per heavy atom. The summed E-state index contributed by atoms with van der Waals surface area (Å²) in [5, 5.41) is 59.9. The van der Waals surface area contributed by atoms with E-state index in [1.54, 1.807) is 13.8 Å². The first-order chi connectivity index (χ1) is 38.0. The van der Waals surface area contributed by atoms with Gasteiger partial charge in [-0.15, -0.1) is 0 Å². The Hall–Kier alpha value is -2.68. The molecule has 0 spiro atoms. The fraction of sp³-hybridized carbons (Fsp3) is 0.721. The summed E-state index contributed by atoms with van der Waals surface area (Å²) < 4.78 is 24.6. The largest absolute Gasteiger partial charge is 1.00 e. The SMILES string of the molecule is CC(C)(C)c1cc(C=NC2CCCCC2N=Cc2cc(C(C)(C)C)cc(C(C)(C)C)c2O)c(O)c(C(C)(C)C)c1.CC1CO1.CCCCOCC(C)O.CCCCOCC(C)OC(=O)OCC(C)O.CI.O=C(O)CO.O=C=O.[Cl-].[Co].[NH2+]=PP. The number of hydrogen-bond acceptors (Lipinski definition) is 16. The number of phenols is 2. The van der Waals surface area contributed by atoms with Crippen LogP contribution in [0.2, 0.25) is 0 Å². The maximum absolute atomic E-state index is 11.2. The topological polar surface area (TPSA) is 289 Å². The zero-order valence-corrected chi connectivity index (χ0v) is 60.0. The molecule has 18 nitrogen and oxygen atoms in total. The molecule has 2 fully saturated rings. The number of carboxylic acid groups (broad SMARTS) is 1. The van der Waals surface area contributed by atoms with Crippen LogP contribution in [0.1, 0.15) is 209 Å². The van der Waals surface area contributed by atoms with Crippen LogP contribution in [0.5, 0.6) is 11.5 Å². The van der Waals surface area contributed by atoms with Crippen LogP contribution in [0.3, 0.4) is 0 Å². The third-order valence-corrected chi connectivity index (χ3v) is 11.5. The average molecular weight is 1410 g/mol. The number of alkyl halides is 1. The molecule has 0 amide bonds. The van der Waals surface area contributed by atoms with Crippen molar-refractivity contribution in [1.29, 1.82) is 0 Å². The molecule has 4 rings (SSSR count). The minimum atomic E-state index is -1.19. The van der Waals surface area contributed by atoms with Crippen LogP contribution < -0.4 is 17.6 Å². The molecule has 8 N–H and O–H groups in total. The van der Waals surface area contributed by atoms with Crippen LogP contribution in [0.4, 0.5) is 4.79 Å². The summed E-state index contributed by atoms with van der Waals surface area (Å²) in [6.45, 7) is 39.7. The molecule has 1 radical (unpaired) electrons. The smallest absolute Gasteiger partial charge is 0.508 e. The summed E-state index contributed by atoms with van der Waals surface area (Å²) in [5.41, 5.74) is 5.39. The number of epoxide rings is 1. The first-order valence-electron chi connectivity index (χ1n) is 28.1. The van der Waals surface area contributed by atoms with Crippen LogP contribution in [0.15, 0.2) is 34.3 Å². The van der Waals surface area contributed by atoms with Gasteiger partial charge in [-0.3, -0.25) is 9.98 Å². The molecule has 2 aliphatic rings. The van der Waals surface area contributed by atoms with Crippen molar-refractivity contribution < 1.29 is 108 Å². The summed E-state index contributed by atoms with van der Waals surface area (Å²) in [7, 11) is 3.16. The normalized spacial score (nSPS) is 16.3. The summed E-state index contributed by atoms with van der Waals surface area (Å²) in [5.74, 6) is -0.553. The first-order valence-corrected chi connectivity index (χ1v) is 32.8. The number of nitrogens with zero attached hydrogens (tertiary/aromatic N) is 2. The molecular formula is C61H109ClCoIN3O15P2. The Kier molecular flexibility index (Phi) is 56.4. The van der Waals surface area contributed by atoms with E-state index in [2.05, 4.69) is 164 Å². The van der Waals surface area contributed by atoms with E-state index in [1.807, 2.05) is 17.4 Å². The number of ether oxygens (including phenoxy) is 5. The van der Waals surface area contributed by atoms with Gasteiger partial charge in [0, 0.05) is 64.7 Å². The van der Waals surface area contributed by atoms with Crippen molar-refractivity contribution in [3.05, 3.63) is 57.6 Å². The van der Waals surface area contributed by atoms with Gasteiger partial charge in [-0.2, -0.15) is 9.59 Å². The van der Waals surface area contributed by atoms with Gasteiger partial charge in [0.1, 0.15) is 30.8 Å². The number of aliphatic hydroxyl groups is 3. The van der Waals surface area contributed by atoms with E-state index >= 15 is 0 Å². The number of carboxylic acids is 1. The third kappa shape index (κ3) is 48.3. The van der Waals surface area contributed by atoms with Gasteiger partial charge in [-0.05, 0) is 112 Å². The van der Waals surface area contributed by atoms with E-state index in [0.29, 0.717) is 37.4 Å². The van der Waals surface area contributed by atoms with E-state index in [9.17, 15) is 15.0 Å². The van der Waals surface area contributed by atoms with Gasteiger partial charge in [-0.25, -0.2) is 14.8 Å². The summed E-state index contributed by atoms with van der Waals surface area (Å²) in [6, 6.07) is 8.53. The molecular weight excluding hydrogens is 1300 g/mol. The Labute approximate surface area is 539 Å². The summed E-state index contributed by atoms with van der Waals surface area (Å²) >= 11 is 2.15. The van der Waals surface area contributed by atoms with Crippen molar-refractivity contribution >= 4 is 70.3 Å². The number of aromatic hydroxyl groups is 2. The number of phenolic OH excluding ortho intramolecular Hbond substituents is 2. The quantitative estimate of drug-likeness (QED) is 0.0140. The molecule has 0 bridgehead atoms. The molecule has 1 heterocycles. The monoisotopic (exact) mass is 1410 g/mol. The van der Waals surface area contributed by atoms with Gasteiger partial charge in [0.2, 0.25) is 8.06 Å². The zero-order chi connectivity index (χ0) is 64.5. The number of rotatable bonds is 18. The third-order valence-electron chi connectivity index (χ3n) is 11.5. The number of aliphatic imine (C=N–C) groups is 2. The number of hydrogen-bond donors (Lipinski definition) is 7. The number of benzene rings is 2. The minimum Gasteiger partial charge on any atom is -1.00 e. The second kappa shape index (κ2) is 51.2. The number of halogens is 2. The number of carbonyl (C=O) groups is 2. The van der Waals surface area contributed by atoms with Crippen molar-refractivity contribution in [2.75, 3.05) is 51.2 Å². The van der Waals surface area contributed by atoms with Gasteiger partial charge in [0.25, 0.3) is 0 Å². The Balaban J connectivity index is -0.000000282. The molecule has 491 valence electrons. The van der Waals surface area contributed by atoms with Crippen molar-refractivity contribution in [2.24, 2.45) is 9.98 Å². The van der Waals surface area contributed by atoms with Crippen LogP contribution in [0.25, 0.3) is 0 Å². The Morgan fingerprint density at radius 3 is 1.33 bits per heavy atom. The van der Waals surface area contributed by atoms with Crippen LogP contribution in [-0.4, -0.2) is 149 Å². The molecule has 7 unspecified atom stereocenters. The van der Waals surface area contributed by atoms with E-state index in [1.165, 1.54) is 18.1 Å². The van der Waals surface area contributed by atoms with E-state index in [0.717, 1.165) is 94.9 Å². The molecule has 2 aromatic carbocycles. The Morgan fingerprint density at radius 2 is 1.07 bits per heavy atom. The number of aliphatic hydroxyl groups excluding tert-OH is 3. The number of carbonyl (C=O) groups excluding carboxylic acids is 3. The van der Waals surface area contributed by atoms with Crippen LogP contribution in [0, 0.1) is 0 Å². The number of nitrogens with two attached hydrogens (primary N) is 1. The summed E-state index contributed by atoms with van der Waals surface area (Å²) in [4.78, 5) is 48.4. The molecule has 0 aromatic heterocycles. The predicted octanol–water partition coefficient (Wildman–Crippen LogP) is 8.65. The fourth-order valence-electron chi connectivity index (χ4n) is 6.82. The maximum Gasteiger partial charge on any atom is 0.508 e. The van der Waals surface area contributed by atoms with Gasteiger partial charge < -0.3 is 66.7 Å². The number of aliphatic carboxylic acids is 1. The van der Waals surface area contributed by atoms with Gasteiger partial charge >= 0.3 is 18.3 Å². The summed E-state index contributed by atoms with van der Waals surface area (Å²) in [6.07, 6.45) is 11.0. The second-order valence-corrected chi connectivity index (χ2v) is 25.1. The molecule has 84 heavy (non-hydrogen) atoms. The van der Waals surface area contributed by atoms with E-state index in [-0.39, 0.29) is 87.9 Å². The molecule has 23 heteroatoms. The van der Waals surface area contributed by atoms with Gasteiger partial charge in [0.05, 0.1) is 50.2 Å². The molecule has 1 saturated carbocycles. The van der Waals surface area contributed by atoms with E-state index < -0.39 is 24.8 Å². The fourth-order valence-corrected chi connectivity index (χ4v) is 6.82. The molecule has 1 aliphatic carbocycles. The van der Waals surface area contributed by atoms with Gasteiger partial charge in [0.15, 0.2) is 0 Å². The molecule has 1 saturated heterocycles. The molecule has 1 aliphatic heterocycles. The van der Waals surface area contributed by atoms with E-state index in [4.69, 9.17) is 68.9 Å². The van der Waals surface area contributed by atoms with Crippen LogP contribution >= 0.6 is 39.6 Å². The minimum absolute atomic E-state index is 0. The second-order valence-electron chi connectivity index (χ2n) is 23.9. The average Bonchev–Trinajstić information content (AvgIpc) is 4.17. The van der Waals surface area contributed by atoms with Crippen molar-refractivity contribution in [3.8, 4) is 11.5 Å². The van der Waals surface area contributed by atoms with Crippen LogP contribution in [-0.2, 0) is 76.5 Å². The first kappa shape index (κ1) is 92.5. The Bertz CT molecular complexity index is 2040. The maximum atomic E-state index is 11.2. The van der Waals surface area contributed by atoms with Crippen molar-refractivity contribution in [1.82, 2.24) is 0 Å². The number of unbranched alkanes of at least 4 members (excludes halogenated alkanes) is 2. The standard InChI is InChI=1S/C36H54N2O2.C11H22O5.C7H16O2.C3H6O.C2H4O3.CH3I.CO2.ClH.Co.H3NP2/c1-33(2,3)25-17-23(31(39)27(19-25)35(7,8)9)21-37-29-15-13-14-16-30(29)38-22-24-18-26(34(4,5)6)20-28(32(24)40)36(10,11)12;1-4-5-6-14-8-10(3)16-11(13)15-7-9(2)12;1-3-4-5-9-6-7(2)8;1-3-2-4-3;3-1-2(4)5;1-2;2-1-3;;;1-3-2/h17-22,29-30,39-40H,13-16H2,1-12H3;9-10,12H,4-8H2,1-3H3;7-8H,3-6H2,1-2H3;3H,2H2,1H3;3H,1H2,(H,4,5);1H3;;1H;;1H,2H2. The van der Waals surface area contributed by atoms with Crippen molar-refractivity contribution in [2.45, 2.75) is 234 Å². The zero-order valence-electron chi connectivity index (χ0n) is 54.0.